The molecule has 1 fully saturated rings. The summed E-state index contributed by atoms with van der Waals surface area (Å²) in [7, 11) is 0. The standard InChI is InChI=1S/C28H43N3O7/c1-8-37-23(33)13-14-29-25(34)24(19-11-9-10-12-22(19)32)31(21-16-18(21)4)26(35)20(15-17(2)3)30-27(36)38-28(5,6)7/h9-12,17-18,20-21,24,32H,8,13-16H2,1-7H3,(H,29,34)(H,30,36). The van der Waals surface area contributed by atoms with E-state index in [2.05, 4.69) is 10.6 Å². The number of carbonyl (C=O) groups excluding carboxylic acids is 4. The minimum absolute atomic E-state index is 0.00952. The van der Waals surface area contributed by atoms with Crippen molar-refractivity contribution >= 4 is 23.9 Å². The van der Waals surface area contributed by atoms with E-state index in [4.69, 9.17) is 9.47 Å². The van der Waals surface area contributed by atoms with Crippen molar-refractivity contribution in [2.75, 3.05) is 13.2 Å². The van der Waals surface area contributed by atoms with E-state index < -0.39 is 41.6 Å². The Kier molecular flexibility index (Phi) is 11.0. The minimum Gasteiger partial charge on any atom is -0.508 e. The molecule has 4 atom stereocenters. The maximum Gasteiger partial charge on any atom is 0.408 e. The van der Waals surface area contributed by atoms with Crippen LogP contribution in [-0.2, 0) is 23.9 Å². The first-order chi connectivity index (χ1) is 17.7. The molecule has 1 aromatic rings. The number of hydrogen-bond donors (Lipinski definition) is 3. The first-order valence-corrected chi connectivity index (χ1v) is 13.3. The normalized spacial score (nSPS) is 18.2. The Bertz CT molecular complexity index is 989. The van der Waals surface area contributed by atoms with Crippen LogP contribution in [0.4, 0.5) is 4.79 Å². The van der Waals surface area contributed by atoms with Gasteiger partial charge < -0.3 is 30.1 Å². The highest BCUT2D eigenvalue weighted by Gasteiger charge is 2.48. The summed E-state index contributed by atoms with van der Waals surface area (Å²) in [6.07, 6.45) is 0.246. The number of carbonyl (C=O) groups is 4. The Hall–Kier alpha value is -3.30. The van der Waals surface area contributed by atoms with Crippen molar-refractivity contribution in [3.8, 4) is 5.75 Å². The molecule has 0 heterocycles. The zero-order valence-corrected chi connectivity index (χ0v) is 23.6. The van der Waals surface area contributed by atoms with Gasteiger partial charge in [0.1, 0.15) is 23.4 Å². The number of amides is 3. The van der Waals surface area contributed by atoms with Crippen LogP contribution in [0.3, 0.4) is 0 Å². The van der Waals surface area contributed by atoms with Crippen LogP contribution in [0.25, 0.3) is 0 Å². The van der Waals surface area contributed by atoms with Gasteiger partial charge >= 0.3 is 12.1 Å². The molecule has 1 aliphatic rings. The molecular formula is C28H43N3O7. The summed E-state index contributed by atoms with van der Waals surface area (Å²) in [4.78, 5) is 53.6. The van der Waals surface area contributed by atoms with Gasteiger partial charge in [-0.05, 0) is 58.4 Å². The molecule has 212 valence electrons. The van der Waals surface area contributed by atoms with Crippen LogP contribution < -0.4 is 10.6 Å². The monoisotopic (exact) mass is 533 g/mol. The summed E-state index contributed by atoms with van der Waals surface area (Å²) in [6.45, 7) is 13.0. The molecule has 0 bridgehead atoms. The number of nitrogens with one attached hydrogen (secondary N) is 2. The predicted octanol–water partition coefficient (Wildman–Crippen LogP) is 3.68. The third kappa shape index (κ3) is 9.22. The van der Waals surface area contributed by atoms with Crippen LogP contribution >= 0.6 is 0 Å². The average Bonchev–Trinajstić information content (AvgIpc) is 3.51. The van der Waals surface area contributed by atoms with Gasteiger partial charge in [-0.3, -0.25) is 14.4 Å². The third-order valence-corrected chi connectivity index (χ3v) is 6.07. The van der Waals surface area contributed by atoms with Gasteiger partial charge in [0.05, 0.1) is 13.0 Å². The number of nitrogens with zero attached hydrogens (tertiary/aromatic N) is 1. The second-order valence-corrected chi connectivity index (χ2v) is 11.2. The SMILES string of the molecule is CCOC(=O)CCNC(=O)C(c1ccccc1O)N(C(=O)C(CC(C)C)NC(=O)OC(C)(C)C)C1CC1C. The molecule has 0 aliphatic heterocycles. The molecule has 10 nitrogen and oxygen atoms in total. The average molecular weight is 534 g/mol. The number of benzene rings is 1. The number of phenols is 1. The smallest absolute Gasteiger partial charge is 0.408 e. The van der Waals surface area contributed by atoms with Gasteiger partial charge in [0, 0.05) is 18.2 Å². The Morgan fingerprint density at radius 1 is 1.16 bits per heavy atom. The molecule has 38 heavy (non-hydrogen) atoms. The minimum atomic E-state index is -1.17. The quantitative estimate of drug-likeness (QED) is 0.349. The van der Waals surface area contributed by atoms with Gasteiger partial charge in [-0.25, -0.2) is 4.79 Å². The number of aromatic hydroxyl groups is 1. The van der Waals surface area contributed by atoms with Crippen LogP contribution in [0.1, 0.15) is 79.3 Å². The van der Waals surface area contributed by atoms with Crippen LogP contribution in [0.2, 0.25) is 0 Å². The second kappa shape index (κ2) is 13.5. The van der Waals surface area contributed by atoms with Gasteiger partial charge in [0.15, 0.2) is 0 Å². The van der Waals surface area contributed by atoms with Crippen LogP contribution in [-0.4, -0.2) is 64.7 Å². The number of esters is 1. The molecule has 10 heteroatoms. The summed E-state index contributed by atoms with van der Waals surface area (Å²) >= 11 is 0. The van der Waals surface area contributed by atoms with Gasteiger partial charge in [-0.2, -0.15) is 0 Å². The van der Waals surface area contributed by atoms with Crippen molar-refractivity contribution in [3.63, 3.8) is 0 Å². The lowest BCUT2D eigenvalue weighted by Gasteiger charge is -2.35. The van der Waals surface area contributed by atoms with Crippen molar-refractivity contribution in [1.82, 2.24) is 15.5 Å². The maximum absolute atomic E-state index is 14.1. The van der Waals surface area contributed by atoms with E-state index in [9.17, 15) is 24.3 Å². The number of phenolic OH excluding ortho intramolecular Hbond substituents is 1. The fourth-order valence-electron chi connectivity index (χ4n) is 4.25. The van der Waals surface area contributed by atoms with E-state index in [0.29, 0.717) is 12.8 Å². The fraction of sp³-hybridized carbons (Fsp3) is 0.643. The first kappa shape index (κ1) is 30.9. The second-order valence-electron chi connectivity index (χ2n) is 11.2. The highest BCUT2D eigenvalue weighted by Crippen LogP contribution is 2.42. The van der Waals surface area contributed by atoms with Crippen LogP contribution in [0, 0.1) is 11.8 Å². The molecular weight excluding hydrogens is 490 g/mol. The summed E-state index contributed by atoms with van der Waals surface area (Å²) in [6, 6.07) is 3.98. The van der Waals surface area contributed by atoms with E-state index >= 15 is 0 Å². The van der Waals surface area contributed by atoms with E-state index in [1.807, 2.05) is 20.8 Å². The molecule has 1 aromatic carbocycles. The van der Waals surface area contributed by atoms with Gasteiger partial charge in [-0.1, -0.05) is 39.0 Å². The largest absolute Gasteiger partial charge is 0.508 e. The Morgan fingerprint density at radius 3 is 2.32 bits per heavy atom. The molecule has 4 unspecified atom stereocenters. The molecule has 1 aliphatic carbocycles. The topological polar surface area (TPSA) is 134 Å². The van der Waals surface area contributed by atoms with Gasteiger partial charge in [0.2, 0.25) is 11.8 Å². The van der Waals surface area contributed by atoms with Crippen LogP contribution in [0.15, 0.2) is 24.3 Å². The van der Waals surface area contributed by atoms with Crippen molar-refractivity contribution < 1.29 is 33.8 Å². The lowest BCUT2D eigenvalue weighted by atomic mass is 9.98. The lowest BCUT2D eigenvalue weighted by molar-refractivity contribution is -0.145. The summed E-state index contributed by atoms with van der Waals surface area (Å²) in [5, 5.41) is 16.1. The van der Waals surface area contributed by atoms with Gasteiger partial charge in [0.25, 0.3) is 0 Å². The molecule has 3 amide bonds. The van der Waals surface area contributed by atoms with E-state index in [1.165, 1.54) is 11.0 Å². The zero-order chi connectivity index (χ0) is 28.6. The summed E-state index contributed by atoms with van der Waals surface area (Å²) in [5.41, 5.74) is -0.494. The first-order valence-electron chi connectivity index (χ1n) is 13.3. The number of rotatable bonds is 12. The molecule has 0 spiro atoms. The molecule has 3 N–H and O–H groups in total. The molecule has 0 radical (unpaired) electrons. The van der Waals surface area contributed by atoms with E-state index in [1.54, 1.807) is 45.9 Å². The Morgan fingerprint density at radius 2 is 1.79 bits per heavy atom. The van der Waals surface area contributed by atoms with Crippen molar-refractivity contribution in [2.24, 2.45) is 11.8 Å². The fourth-order valence-corrected chi connectivity index (χ4v) is 4.25. The summed E-state index contributed by atoms with van der Waals surface area (Å²) in [5.74, 6) is -1.38. The Balaban J connectivity index is 2.43. The number of ether oxygens (including phenoxy) is 2. The third-order valence-electron chi connectivity index (χ3n) is 6.07. The summed E-state index contributed by atoms with van der Waals surface area (Å²) < 4.78 is 10.3. The number of alkyl carbamates (subject to hydrolysis) is 1. The lowest BCUT2D eigenvalue weighted by Crippen LogP contribution is -2.54. The highest BCUT2D eigenvalue weighted by molar-refractivity contribution is 5.93. The zero-order valence-electron chi connectivity index (χ0n) is 23.6. The number of para-hydroxylation sites is 1. The molecule has 2 rings (SSSR count). The Labute approximate surface area is 225 Å². The molecule has 0 aromatic heterocycles. The molecule has 1 saturated carbocycles. The van der Waals surface area contributed by atoms with Gasteiger partial charge in [-0.15, -0.1) is 0 Å². The van der Waals surface area contributed by atoms with E-state index in [0.717, 1.165) is 0 Å². The van der Waals surface area contributed by atoms with Crippen molar-refractivity contribution in [2.45, 2.75) is 91.5 Å². The maximum atomic E-state index is 14.1. The van der Waals surface area contributed by atoms with Crippen LogP contribution in [0.5, 0.6) is 5.75 Å². The van der Waals surface area contributed by atoms with Crippen molar-refractivity contribution in [3.05, 3.63) is 29.8 Å². The van der Waals surface area contributed by atoms with E-state index in [-0.39, 0.29) is 48.8 Å². The predicted molar refractivity (Wildman–Crippen MR) is 142 cm³/mol. The molecule has 0 saturated heterocycles. The van der Waals surface area contributed by atoms with Crippen molar-refractivity contribution in [1.29, 1.82) is 0 Å². The number of hydrogen-bond acceptors (Lipinski definition) is 7. The highest BCUT2D eigenvalue weighted by atomic mass is 16.6.